The maximum atomic E-state index is 12.2. The summed E-state index contributed by atoms with van der Waals surface area (Å²) in [7, 11) is 0. The third-order valence-electron chi connectivity index (χ3n) is 3.04. The van der Waals surface area contributed by atoms with Crippen LogP contribution in [-0.4, -0.2) is 60.3 Å². The standard InChI is InChI=1S/C11H18N2O4/c14-10(15)3-5-13(8-1-2-8)11(16)9-7-12-4-6-17-9/h8-9,12H,1-7H2,(H,14,15). The molecule has 96 valence electrons. The number of aliphatic carboxylic acids is 1. The lowest BCUT2D eigenvalue weighted by atomic mass is 10.2. The van der Waals surface area contributed by atoms with E-state index in [1.807, 2.05) is 0 Å². The number of amides is 1. The van der Waals surface area contributed by atoms with Crippen LogP contribution in [0.3, 0.4) is 0 Å². The summed E-state index contributed by atoms with van der Waals surface area (Å²) in [5, 5.41) is 11.8. The van der Waals surface area contributed by atoms with Crippen molar-refractivity contribution in [3.05, 3.63) is 0 Å². The van der Waals surface area contributed by atoms with Crippen LogP contribution in [0, 0.1) is 0 Å². The molecule has 1 aliphatic carbocycles. The highest BCUT2D eigenvalue weighted by atomic mass is 16.5. The Morgan fingerprint density at radius 1 is 1.41 bits per heavy atom. The maximum absolute atomic E-state index is 12.2. The van der Waals surface area contributed by atoms with Crippen LogP contribution in [0.5, 0.6) is 0 Å². The number of morpholine rings is 1. The first-order chi connectivity index (χ1) is 8.18. The minimum atomic E-state index is -0.869. The summed E-state index contributed by atoms with van der Waals surface area (Å²) in [6.45, 7) is 2.12. The zero-order chi connectivity index (χ0) is 12.3. The van der Waals surface area contributed by atoms with Gasteiger partial charge in [-0.15, -0.1) is 0 Å². The van der Waals surface area contributed by atoms with Gasteiger partial charge in [0.2, 0.25) is 0 Å². The summed E-state index contributed by atoms with van der Waals surface area (Å²) < 4.78 is 5.40. The van der Waals surface area contributed by atoms with Crippen molar-refractivity contribution in [3.8, 4) is 0 Å². The van der Waals surface area contributed by atoms with Gasteiger partial charge in [-0.1, -0.05) is 0 Å². The Morgan fingerprint density at radius 3 is 2.71 bits per heavy atom. The van der Waals surface area contributed by atoms with Gasteiger partial charge in [-0.2, -0.15) is 0 Å². The van der Waals surface area contributed by atoms with E-state index in [0.29, 0.717) is 19.7 Å². The molecule has 2 aliphatic rings. The molecule has 0 aromatic carbocycles. The second-order valence-electron chi connectivity index (χ2n) is 4.47. The molecule has 6 nitrogen and oxygen atoms in total. The number of carbonyl (C=O) groups excluding carboxylic acids is 1. The second-order valence-corrected chi connectivity index (χ2v) is 4.47. The molecular formula is C11H18N2O4. The number of hydrogen-bond donors (Lipinski definition) is 2. The van der Waals surface area contributed by atoms with Gasteiger partial charge in [0.25, 0.3) is 5.91 Å². The minimum Gasteiger partial charge on any atom is -0.481 e. The average molecular weight is 242 g/mol. The Kier molecular flexibility index (Phi) is 3.96. The number of rotatable bonds is 5. The van der Waals surface area contributed by atoms with Crippen LogP contribution in [0.1, 0.15) is 19.3 Å². The molecule has 6 heteroatoms. The maximum Gasteiger partial charge on any atom is 0.305 e. The first-order valence-electron chi connectivity index (χ1n) is 6.03. The number of carboxylic acids is 1. The summed E-state index contributed by atoms with van der Waals surface area (Å²) in [6.07, 6.45) is 1.51. The number of ether oxygens (including phenoxy) is 1. The highest BCUT2D eigenvalue weighted by Crippen LogP contribution is 2.28. The number of nitrogens with zero attached hydrogens (tertiary/aromatic N) is 1. The molecule has 1 aliphatic heterocycles. The van der Waals surface area contributed by atoms with Crippen molar-refractivity contribution in [1.29, 1.82) is 0 Å². The van der Waals surface area contributed by atoms with Gasteiger partial charge >= 0.3 is 5.97 Å². The van der Waals surface area contributed by atoms with Crippen LogP contribution >= 0.6 is 0 Å². The van der Waals surface area contributed by atoms with Crippen molar-refractivity contribution in [2.24, 2.45) is 0 Å². The van der Waals surface area contributed by atoms with Crippen molar-refractivity contribution in [1.82, 2.24) is 10.2 Å². The van der Waals surface area contributed by atoms with E-state index in [1.54, 1.807) is 4.90 Å². The van der Waals surface area contributed by atoms with E-state index in [9.17, 15) is 9.59 Å². The SMILES string of the molecule is O=C(O)CCN(C(=O)C1CNCCO1)C1CC1. The Bertz CT molecular complexity index is 298. The van der Waals surface area contributed by atoms with Crippen molar-refractivity contribution in [2.75, 3.05) is 26.2 Å². The molecule has 1 atom stereocenters. The quantitative estimate of drug-likeness (QED) is 0.675. The fourth-order valence-electron chi connectivity index (χ4n) is 1.98. The van der Waals surface area contributed by atoms with Gasteiger partial charge in [0, 0.05) is 25.7 Å². The van der Waals surface area contributed by atoms with E-state index in [1.165, 1.54) is 0 Å². The number of carbonyl (C=O) groups is 2. The normalized spacial score (nSPS) is 24.4. The fraction of sp³-hybridized carbons (Fsp3) is 0.818. The first kappa shape index (κ1) is 12.3. The Balaban J connectivity index is 1.89. The molecule has 0 spiro atoms. The van der Waals surface area contributed by atoms with Crippen molar-refractivity contribution >= 4 is 11.9 Å². The van der Waals surface area contributed by atoms with Crippen molar-refractivity contribution in [3.63, 3.8) is 0 Å². The highest BCUT2D eigenvalue weighted by Gasteiger charge is 2.36. The third kappa shape index (κ3) is 3.41. The zero-order valence-electron chi connectivity index (χ0n) is 9.72. The molecule has 1 heterocycles. The smallest absolute Gasteiger partial charge is 0.305 e. The number of carboxylic acid groups (broad SMARTS) is 1. The molecule has 2 N–H and O–H groups in total. The van der Waals surface area contributed by atoms with Crippen LogP contribution in [0.2, 0.25) is 0 Å². The Labute approximate surface area is 99.9 Å². The predicted molar refractivity (Wildman–Crippen MR) is 59.6 cm³/mol. The highest BCUT2D eigenvalue weighted by molar-refractivity contribution is 5.82. The first-order valence-corrected chi connectivity index (χ1v) is 6.03. The van der Waals surface area contributed by atoms with Gasteiger partial charge in [0.05, 0.1) is 13.0 Å². The minimum absolute atomic E-state index is 0.00237. The van der Waals surface area contributed by atoms with Crippen molar-refractivity contribution < 1.29 is 19.4 Å². The molecule has 0 bridgehead atoms. The molecule has 0 radical (unpaired) electrons. The summed E-state index contributed by atoms with van der Waals surface area (Å²) in [6, 6.07) is 0.229. The van der Waals surface area contributed by atoms with E-state index >= 15 is 0 Å². The van der Waals surface area contributed by atoms with Crippen LogP contribution < -0.4 is 5.32 Å². The Morgan fingerprint density at radius 2 is 2.18 bits per heavy atom. The van der Waals surface area contributed by atoms with Gasteiger partial charge in [0.15, 0.2) is 0 Å². The predicted octanol–water partition coefficient (Wildman–Crippen LogP) is -0.559. The van der Waals surface area contributed by atoms with E-state index in [0.717, 1.165) is 19.4 Å². The zero-order valence-corrected chi connectivity index (χ0v) is 9.72. The summed E-state index contributed by atoms with van der Waals surface area (Å²) in [5.41, 5.74) is 0. The lowest BCUT2D eigenvalue weighted by molar-refractivity contribution is -0.147. The van der Waals surface area contributed by atoms with Gasteiger partial charge in [-0.3, -0.25) is 9.59 Å². The van der Waals surface area contributed by atoms with Crippen molar-refractivity contribution in [2.45, 2.75) is 31.4 Å². The molecule has 2 rings (SSSR count). The van der Waals surface area contributed by atoms with E-state index in [-0.39, 0.29) is 18.4 Å². The summed E-state index contributed by atoms with van der Waals surface area (Å²) in [4.78, 5) is 24.4. The van der Waals surface area contributed by atoms with Crippen LogP contribution in [-0.2, 0) is 14.3 Å². The van der Waals surface area contributed by atoms with Crippen LogP contribution in [0.4, 0.5) is 0 Å². The molecule has 2 fully saturated rings. The number of hydrogen-bond acceptors (Lipinski definition) is 4. The molecule has 0 aromatic rings. The molecule has 1 saturated heterocycles. The van der Waals surface area contributed by atoms with Gasteiger partial charge in [-0.05, 0) is 12.8 Å². The van der Waals surface area contributed by atoms with Crippen LogP contribution in [0.25, 0.3) is 0 Å². The van der Waals surface area contributed by atoms with E-state index < -0.39 is 12.1 Å². The molecule has 1 unspecified atom stereocenters. The lowest BCUT2D eigenvalue weighted by Crippen LogP contribution is -2.50. The lowest BCUT2D eigenvalue weighted by Gasteiger charge is -2.29. The van der Waals surface area contributed by atoms with Gasteiger partial charge in [-0.25, -0.2) is 0 Å². The second kappa shape index (κ2) is 5.46. The summed E-state index contributed by atoms with van der Waals surface area (Å²) >= 11 is 0. The van der Waals surface area contributed by atoms with Crippen LogP contribution in [0.15, 0.2) is 0 Å². The molecule has 1 amide bonds. The average Bonchev–Trinajstić information content (AvgIpc) is 3.14. The topological polar surface area (TPSA) is 78.9 Å². The Hall–Kier alpha value is -1.14. The van der Waals surface area contributed by atoms with E-state index in [4.69, 9.17) is 9.84 Å². The largest absolute Gasteiger partial charge is 0.481 e. The molecule has 1 saturated carbocycles. The molecule has 17 heavy (non-hydrogen) atoms. The number of nitrogens with one attached hydrogen (secondary N) is 1. The molecule has 0 aromatic heterocycles. The van der Waals surface area contributed by atoms with E-state index in [2.05, 4.69) is 5.32 Å². The summed E-state index contributed by atoms with van der Waals surface area (Å²) in [5.74, 6) is -0.938. The molecular weight excluding hydrogens is 224 g/mol. The van der Waals surface area contributed by atoms with Gasteiger partial charge in [0.1, 0.15) is 6.10 Å². The fourth-order valence-corrected chi connectivity index (χ4v) is 1.98. The van der Waals surface area contributed by atoms with Gasteiger partial charge < -0.3 is 20.1 Å². The monoisotopic (exact) mass is 242 g/mol. The third-order valence-corrected chi connectivity index (χ3v) is 3.04.